The number of benzene rings is 1. The number of hydrogen-bond donors (Lipinski definition) is 1. The van der Waals surface area contributed by atoms with Crippen molar-refractivity contribution >= 4 is 28.7 Å². The van der Waals surface area contributed by atoms with Crippen molar-refractivity contribution in [1.82, 2.24) is 18.7 Å². The van der Waals surface area contributed by atoms with E-state index in [1.165, 1.54) is 11.6 Å². The first-order valence-electron chi connectivity index (χ1n) is 8.44. The molecule has 2 aromatic heterocycles. The zero-order valence-corrected chi connectivity index (χ0v) is 16.0. The lowest BCUT2D eigenvalue weighted by Crippen LogP contribution is -2.37. The van der Waals surface area contributed by atoms with Crippen molar-refractivity contribution in [1.29, 1.82) is 0 Å². The molecule has 0 saturated carbocycles. The molecular formula is C18H22ClN5O2. The Hall–Kier alpha value is -2.54. The van der Waals surface area contributed by atoms with Gasteiger partial charge in [-0.1, -0.05) is 37.6 Å². The normalized spacial score (nSPS) is 11.5. The number of anilines is 1. The summed E-state index contributed by atoms with van der Waals surface area (Å²) in [4.78, 5) is 29.5. The fourth-order valence-electron chi connectivity index (χ4n) is 2.85. The van der Waals surface area contributed by atoms with Gasteiger partial charge in [0.25, 0.3) is 5.56 Å². The molecule has 1 aromatic carbocycles. The van der Waals surface area contributed by atoms with E-state index in [9.17, 15) is 9.59 Å². The highest BCUT2D eigenvalue weighted by Crippen LogP contribution is 2.19. The molecule has 0 spiro atoms. The SMILES string of the molecule is CC(C)CNc1nc2c(c(=O)n(C)c(=O)n2C)n1Cc1cccc(Cl)c1. The van der Waals surface area contributed by atoms with Gasteiger partial charge in [0.1, 0.15) is 0 Å². The summed E-state index contributed by atoms with van der Waals surface area (Å²) in [5.74, 6) is 0.966. The second-order valence-electron chi connectivity index (χ2n) is 6.80. The topological polar surface area (TPSA) is 73.8 Å². The van der Waals surface area contributed by atoms with Crippen LogP contribution in [-0.2, 0) is 20.6 Å². The average molecular weight is 376 g/mol. The highest BCUT2D eigenvalue weighted by atomic mass is 35.5. The van der Waals surface area contributed by atoms with Crippen molar-refractivity contribution in [2.24, 2.45) is 20.0 Å². The van der Waals surface area contributed by atoms with Crippen molar-refractivity contribution in [3.05, 3.63) is 55.7 Å². The fourth-order valence-corrected chi connectivity index (χ4v) is 3.06. The van der Waals surface area contributed by atoms with Gasteiger partial charge in [-0.05, 0) is 23.6 Å². The lowest BCUT2D eigenvalue weighted by Gasteiger charge is -2.12. The second-order valence-corrected chi connectivity index (χ2v) is 7.24. The zero-order valence-electron chi connectivity index (χ0n) is 15.3. The Labute approximate surface area is 155 Å². The summed E-state index contributed by atoms with van der Waals surface area (Å²) in [5, 5.41) is 3.91. The number of nitrogens with one attached hydrogen (secondary N) is 1. The molecule has 0 radical (unpaired) electrons. The van der Waals surface area contributed by atoms with Gasteiger partial charge in [0.05, 0.1) is 6.54 Å². The van der Waals surface area contributed by atoms with Gasteiger partial charge in [-0.15, -0.1) is 0 Å². The van der Waals surface area contributed by atoms with Gasteiger partial charge in [0, 0.05) is 25.7 Å². The van der Waals surface area contributed by atoms with Crippen LogP contribution in [0.5, 0.6) is 0 Å². The van der Waals surface area contributed by atoms with E-state index < -0.39 is 5.69 Å². The Morgan fingerprint density at radius 3 is 2.58 bits per heavy atom. The molecular weight excluding hydrogens is 354 g/mol. The van der Waals surface area contributed by atoms with E-state index in [1.807, 2.05) is 22.8 Å². The Balaban J connectivity index is 2.24. The van der Waals surface area contributed by atoms with Gasteiger partial charge in [0.15, 0.2) is 11.2 Å². The van der Waals surface area contributed by atoms with Crippen molar-refractivity contribution in [2.45, 2.75) is 20.4 Å². The van der Waals surface area contributed by atoms with Crippen molar-refractivity contribution < 1.29 is 0 Å². The highest BCUT2D eigenvalue weighted by Gasteiger charge is 2.19. The van der Waals surface area contributed by atoms with E-state index in [2.05, 4.69) is 24.1 Å². The highest BCUT2D eigenvalue weighted by molar-refractivity contribution is 6.30. The molecule has 26 heavy (non-hydrogen) atoms. The first-order valence-corrected chi connectivity index (χ1v) is 8.82. The number of halogens is 1. The molecule has 0 saturated heterocycles. The maximum atomic E-state index is 12.8. The van der Waals surface area contributed by atoms with Crippen molar-refractivity contribution in [3.8, 4) is 0 Å². The van der Waals surface area contributed by atoms with E-state index in [0.717, 1.165) is 10.1 Å². The molecule has 8 heteroatoms. The number of rotatable bonds is 5. The number of nitrogens with zero attached hydrogens (tertiary/aromatic N) is 4. The summed E-state index contributed by atoms with van der Waals surface area (Å²) in [6.45, 7) is 5.30. The smallest absolute Gasteiger partial charge is 0.332 e. The molecule has 0 unspecified atom stereocenters. The summed E-state index contributed by atoms with van der Waals surface area (Å²) in [6, 6.07) is 7.46. The molecule has 0 amide bonds. The van der Waals surface area contributed by atoms with Crippen LogP contribution in [0.25, 0.3) is 11.2 Å². The summed E-state index contributed by atoms with van der Waals surface area (Å²) in [6.07, 6.45) is 0. The van der Waals surface area contributed by atoms with Gasteiger partial charge in [-0.3, -0.25) is 18.5 Å². The van der Waals surface area contributed by atoms with Gasteiger partial charge < -0.3 is 5.32 Å². The summed E-state index contributed by atoms with van der Waals surface area (Å²) in [7, 11) is 3.09. The van der Waals surface area contributed by atoms with Crippen LogP contribution in [0.15, 0.2) is 33.9 Å². The Morgan fingerprint density at radius 2 is 1.92 bits per heavy atom. The van der Waals surface area contributed by atoms with Crippen LogP contribution in [0.1, 0.15) is 19.4 Å². The van der Waals surface area contributed by atoms with Gasteiger partial charge in [0.2, 0.25) is 5.95 Å². The third kappa shape index (κ3) is 3.26. The Bertz CT molecular complexity index is 1080. The second kappa shape index (κ2) is 6.99. The van der Waals surface area contributed by atoms with E-state index >= 15 is 0 Å². The van der Waals surface area contributed by atoms with Crippen LogP contribution in [-0.4, -0.2) is 25.2 Å². The summed E-state index contributed by atoms with van der Waals surface area (Å²) < 4.78 is 4.31. The predicted octanol–water partition coefficient (Wildman–Crippen LogP) is 2.20. The third-order valence-corrected chi connectivity index (χ3v) is 4.48. The number of hydrogen-bond acceptors (Lipinski definition) is 4. The lowest BCUT2D eigenvalue weighted by molar-refractivity contribution is 0.677. The third-order valence-electron chi connectivity index (χ3n) is 4.25. The number of aryl methyl sites for hydroxylation is 1. The molecule has 7 nitrogen and oxygen atoms in total. The summed E-state index contributed by atoms with van der Waals surface area (Å²) >= 11 is 6.10. The van der Waals surface area contributed by atoms with Gasteiger partial charge >= 0.3 is 5.69 Å². The molecule has 0 atom stereocenters. The van der Waals surface area contributed by atoms with Gasteiger partial charge in [-0.25, -0.2) is 4.79 Å². The quantitative estimate of drug-likeness (QED) is 0.742. The molecule has 3 rings (SSSR count). The van der Waals surface area contributed by atoms with E-state index in [1.54, 1.807) is 13.1 Å². The fraction of sp³-hybridized carbons (Fsp3) is 0.389. The van der Waals surface area contributed by atoms with Crippen LogP contribution >= 0.6 is 11.6 Å². The van der Waals surface area contributed by atoms with Gasteiger partial charge in [-0.2, -0.15) is 4.98 Å². The molecule has 3 aromatic rings. The lowest BCUT2D eigenvalue weighted by atomic mass is 10.2. The maximum absolute atomic E-state index is 12.8. The van der Waals surface area contributed by atoms with Crippen molar-refractivity contribution in [3.63, 3.8) is 0 Å². The molecule has 0 aliphatic carbocycles. The van der Waals surface area contributed by atoms with Crippen LogP contribution < -0.4 is 16.6 Å². The molecule has 0 bridgehead atoms. The monoisotopic (exact) mass is 375 g/mol. The maximum Gasteiger partial charge on any atom is 0.332 e. The molecule has 2 heterocycles. The minimum atomic E-state index is -0.398. The summed E-state index contributed by atoms with van der Waals surface area (Å²) in [5.41, 5.74) is 0.938. The number of aromatic nitrogens is 4. The first kappa shape index (κ1) is 18.3. The number of imidazole rings is 1. The van der Waals surface area contributed by atoms with E-state index in [0.29, 0.717) is 41.1 Å². The number of fused-ring (bicyclic) bond motifs is 1. The van der Waals surface area contributed by atoms with E-state index in [-0.39, 0.29) is 5.56 Å². The Kier molecular flexibility index (Phi) is 4.91. The molecule has 0 aliphatic rings. The predicted molar refractivity (Wildman–Crippen MR) is 104 cm³/mol. The van der Waals surface area contributed by atoms with Crippen LogP contribution in [0, 0.1) is 5.92 Å². The molecule has 0 fully saturated rings. The average Bonchev–Trinajstić information content (AvgIpc) is 2.95. The van der Waals surface area contributed by atoms with Crippen molar-refractivity contribution in [2.75, 3.05) is 11.9 Å². The zero-order chi connectivity index (χ0) is 19.0. The molecule has 0 aliphatic heterocycles. The van der Waals surface area contributed by atoms with Crippen LogP contribution in [0.4, 0.5) is 5.95 Å². The standard InChI is InChI=1S/C18H22ClN5O2/c1-11(2)9-20-17-21-15-14(16(25)23(4)18(26)22(15)3)24(17)10-12-6-5-7-13(19)8-12/h5-8,11H,9-10H2,1-4H3,(H,20,21). The minimum absolute atomic E-state index is 0.366. The first-order chi connectivity index (χ1) is 12.3. The molecule has 138 valence electrons. The minimum Gasteiger partial charge on any atom is -0.355 e. The van der Waals surface area contributed by atoms with E-state index in [4.69, 9.17) is 11.6 Å². The van der Waals surface area contributed by atoms with Crippen LogP contribution in [0.2, 0.25) is 5.02 Å². The van der Waals surface area contributed by atoms with Crippen LogP contribution in [0.3, 0.4) is 0 Å². The Morgan fingerprint density at radius 1 is 1.19 bits per heavy atom. The largest absolute Gasteiger partial charge is 0.355 e. The molecule has 1 N–H and O–H groups in total.